The smallest absolute Gasteiger partial charge is 0.0440 e. The first-order valence-corrected chi connectivity index (χ1v) is 7.81. The van der Waals surface area contributed by atoms with Crippen molar-refractivity contribution >= 4 is 27.3 Å². The number of hydrogen-bond acceptors (Lipinski definition) is 2. The lowest BCUT2D eigenvalue weighted by atomic mass is 9.99. The highest BCUT2D eigenvalue weighted by Gasteiger charge is 2.17. The van der Waals surface area contributed by atoms with Gasteiger partial charge >= 0.3 is 0 Å². The molecule has 0 radical (unpaired) electrons. The number of nitrogen functional groups attached to an aromatic ring is 1. The SMILES string of the molecule is Cc1ccc2c(c1)CCCN2Cc1ccc(N)cc1Br. The maximum absolute atomic E-state index is 5.81. The van der Waals surface area contributed by atoms with Crippen LogP contribution >= 0.6 is 15.9 Å². The molecule has 0 aromatic heterocycles. The number of nitrogens with zero attached hydrogens (tertiary/aromatic N) is 1. The Hall–Kier alpha value is -1.48. The first kappa shape index (κ1) is 13.5. The summed E-state index contributed by atoms with van der Waals surface area (Å²) in [6.45, 7) is 4.21. The highest BCUT2D eigenvalue weighted by Crippen LogP contribution is 2.31. The molecule has 0 amide bonds. The van der Waals surface area contributed by atoms with Crippen LogP contribution in [0.5, 0.6) is 0 Å². The van der Waals surface area contributed by atoms with Gasteiger partial charge in [-0.1, -0.05) is 39.7 Å². The number of hydrogen-bond donors (Lipinski definition) is 1. The van der Waals surface area contributed by atoms with Crippen LogP contribution in [0.25, 0.3) is 0 Å². The third-order valence-corrected chi connectivity index (χ3v) is 4.63. The Labute approximate surface area is 128 Å². The highest BCUT2D eigenvalue weighted by atomic mass is 79.9. The number of halogens is 1. The fraction of sp³-hybridized carbons (Fsp3) is 0.294. The molecule has 3 heteroatoms. The van der Waals surface area contributed by atoms with Crippen molar-refractivity contribution < 1.29 is 0 Å². The van der Waals surface area contributed by atoms with Crippen molar-refractivity contribution in [3.63, 3.8) is 0 Å². The van der Waals surface area contributed by atoms with Crippen LogP contribution in [-0.4, -0.2) is 6.54 Å². The van der Waals surface area contributed by atoms with E-state index in [0.717, 1.165) is 23.2 Å². The van der Waals surface area contributed by atoms with Gasteiger partial charge in [0.1, 0.15) is 0 Å². The van der Waals surface area contributed by atoms with Crippen LogP contribution in [0, 0.1) is 6.92 Å². The lowest BCUT2D eigenvalue weighted by molar-refractivity contribution is 0.690. The Morgan fingerprint density at radius 2 is 2.05 bits per heavy atom. The molecule has 0 unspecified atom stereocenters. The number of fused-ring (bicyclic) bond motifs is 1. The van der Waals surface area contributed by atoms with E-state index in [4.69, 9.17) is 5.73 Å². The summed E-state index contributed by atoms with van der Waals surface area (Å²) in [5, 5.41) is 0. The molecule has 3 rings (SSSR count). The van der Waals surface area contributed by atoms with E-state index >= 15 is 0 Å². The summed E-state index contributed by atoms with van der Waals surface area (Å²) in [4.78, 5) is 2.47. The zero-order valence-electron chi connectivity index (χ0n) is 11.7. The molecule has 2 aromatic carbocycles. The zero-order valence-corrected chi connectivity index (χ0v) is 13.3. The van der Waals surface area contributed by atoms with E-state index in [2.05, 4.69) is 52.0 Å². The fourth-order valence-electron chi connectivity index (χ4n) is 2.87. The van der Waals surface area contributed by atoms with Crippen molar-refractivity contribution in [3.8, 4) is 0 Å². The second kappa shape index (κ2) is 5.49. The first-order chi connectivity index (χ1) is 9.63. The van der Waals surface area contributed by atoms with Crippen molar-refractivity contribution in [2.24, 2.45) is 0 Å². The van der Waals surface area contributed by atoms with Crippen LogP contribution in [0.3, 0.4) is 0 Å². The van der Waals surface area contributed by atoms with Gasteiger partial charge in [0.05, 0.1) is 0 Å². The van der Waals surface area contributed by atoms with E-state index in [-0.39, 0.29) is 0 Å². The van der Waals surface area contributed by atoms with E-state index in [1.165, 1.54) is 35.2 Å². The summed E-state index contributed by atoms with van der Waals surface area (Å²) in [6.07, 6.45) is 2.42. The number of rotatable bonds is 2. The molecule has 0 saturated heterocycles. The van der Waals surface area contributed by atoms with Gasteiger partial charge in [0.2, 0.25) is 0 Å². The predicted molar refractivity (Wildman–Crippen MR) is 89.1 cm³/mol. The van der Waals surface area contributed by atoms with E-state index in [9.17, 15) is 0 Å². The van der Waals surface area contributed by atoms with Crippen LogP contribution in [0.2, 0.25) is 0 Å². The standard InChI is InChI=1S/C17H19BrN2/c1-12-4-7-17-13(9-12)3-2-8-20(17)11-14-5-6-15(19)10-16(14)18/h4-7,9-10H,2-3,8,11,19H2,1H3. The molecule has 0 atom stereocenters. The van der Waals surface area contributed by atoms with Crippen molar-refractivity contribution in [1.29, 1.82) is 0 Å². The van der Waals surface area contributed by atoms with E-state index in [1.807, 2.05) is 12.1 Å². The molecular weight excluding hydrogens is 312 g/mol. The van der Waals surface area contributed by atoms with Crippen LogP contribution in [0.1, 0.15) is 23.1 Å². The van der Waals surface area contributed by atoms with Crippen LogP contribution < -0.4 is 10.6 Å². The average molecular weight is 331 g/mol. The molecular formula is C17H19BrN2. The topological polar surface area (TPSA) is 29.3 Å². The van der Waals surface area contributed by atoms with Crippen LogP contribution in [-0.2, 0) is 13.0 Å². The molecule has 0 saturated carbocycles. The third kappa shape index (κ3) is 2.68. The minimum Gasteiger partial charge on any atom is -0.399 e. The fourth-order valence-corrected chi connectivity index (χ4v) is 3.39. The van der Waals surface area contributed by atoms with Gasteiger partial charge in [0, 0.05) is 28.9 Å². The van der Waals surface area contributed by atoms with Crippen molar-refractivity contribution in [1.82, 2.24) is 0 Å². The van der Waals surface area contributed by atoms with Gasteiger partial charge in [-0.3, -0.25) is 0 Å². The zero-order chi connectivity index (χ0) is 14.1. The van der Waals surface area contributed by atoms with Gasteiger partial charge in [-0.25, -0.2) is 0 Å². The molecule has 2 nitrogen and oxygen atoms in total. The first-order valence-electron chi connectivity index (χ1n) is 7.02. The molecule has 0 spiro atoms. The summed E-state index contributed by atoms with van der Waals surface area (Å²) in [6, 6.07) is 12.8. The van der Waals surface area contributed by atoms with Gasteiger partial charge in [0.15, 0.2) is 0 Å². The van der Waals surface area contributed by atoms with Gasteiger partial charge in [-0.2, -0.15) is 0 Å². The summed E-state index contributed by atoms with van der Waals surface area (Å²) in [5.41, 5.74) is 12.1. The molecule has 2 aromatic rings. The highest BCUT2D eigenvalue weighted by molar-refractivity contribution is 9.10. The largest absolute Gasteiger partial charge is 0.399 e. The van der Waals surface area contributed by atoms with Gasteiger partial charge in [-0.05, 0) is 49.1 Å². The molecule has 0 fully saturated rings. The number of benzene rings is 2. The second-order valence-electron chi connectivity index (χ2n) is 5.51. The van der Waals surface area contributed by atoms with Gasteiger partial charge in [-0.15, -0.1) is 0 Å². The minimum absolute atomic E-state index is 0.801. The lowest BCUT2D eigenvalue weighted by Gasteiger charge is -2.32. The van der Waals surface area contributed by atoms with E-state index in [1.54, 1.807) is 0 Å². The summed E-state index contributed by atoms with van der Waals surface area (Å²) in [7, 11) is 0. The molecule has 1 aliphatic rings. The Kier molecular flexibility index (Phi) is 3.70. The molecule has 20 heavy (non-hydrogen) atoms. The summed E-state index contributed by atoms with van der Waals surface area (Å²) >= 11 is 3.62. The Balaban J connectivity index is 1.89. The molecule has 2 N–H and O–H groups in total. The summed E-state index contributed by atoms with van der Waals surface area (Å²) in [5.74, 6) is 0. The molecule has 104 valence electrons. The van der Waals surface area contributed by atoms with Gasteiger partial charge < -0.3 is 10.6 Å². The maximum Gasteiger partial charge on any atom is 0.0440 e. The Morgan fingerprint density at radius 3 is 2.85 bits per heavy atom. The third-order valence-electron chi connectivity index (χ3n) is 3.89. The number of aryl methyl sites for hydroxylation is 2. The number of nitrogens with two attached hydrogens (primary N) is 1. The van der Waals surface area contributed by atoms with E-state index in [0.29, 0.717) is 0 Å². The Bertz CT molecular complexity index is 637. The monoisotopic (exact) mass is 330 g/mol. The van der Waals surface area contributed by atoms with Crippen molar-refractivity contribution in [2.75, 3.05) is 17.2 Å². The van der Waals surface area contributed by atoms with Crippen LogP contribution in [0.4, 0.5) is 11.4 Å². The average Bonchev–Trinajstić information content (AvgIpc) is 2.41. The lowest BCUT2D eigenvalue weighted by Crippen LogP contribution is -2.29. The predicted octanol–water partition coefficient (Wildman–Crippen LogP) is 4.29. The normalized spacial score (nSPS) is 14.2. The van der Waals surface area contributed by atoms with E-state index < -0.39 is 0 Å². The van der Waals surface area contributed by atoms with Gasteiger partial charge in [0.25, 0.3) is 0 Å². The molecule has 0 aliphatic carbocycles. The summed E-state index contributed by atoms with van der Waals surface area (Å²) < 4.78 is 1.09. The minimum atomic E-state index is 0.801. The second-order valence-corrected chi connectivity index (χ2v) is 6.36. The number of anilines is 2. The Morgan fingerprint density at radius 1 is 1.20 bits per heavy atom. The molecule has 1 aliphatic heterocycles. The molecule has 1 heterocycles. The van der Waals surface area contributed by atoms with Crippen molar-refractivity contribution in [2.45, 2.75) is 26.3 Å². The maximum atomic E-state index is 5.81. The molecule has 0 bridgehead atoms. The quantitative estimate of drug-likeness (QED) is 0.832. The van der Waals surface area contributed by atoms with Crippen molar-refractivity contribution in [3.05, 3.63) is 57.6 Å². The van der Waals surface area contributed by atoms with Crippen LogP contribution in [0.15, 0.2) is 40.9 Å².